The summed E-state index contributed by atoms with van der Waals surface area (Å²) in [7, 11) is -2.20. The van der Waals surface area contributed by atoms with Gasteiger partial charge in [0.25, 0.3) is 0 Å². The Bertz CT molecular complexity index is 1220. The number of ether oxygens (including phenoxy) is 2. The number of aromatic nitrogens is 1. The molecule has 1 amide bonds. The highest BCUT2D eigenvalue weighted by atomic mass is 32.2. The van der Waals surface area contributed by atoms with Gasteiger partial charge in [-0.1, -0.05) is 12.1 Å². The molecule has 1 aromatic heterocycles. The quantitative estimate of drug-likeness (QED) is 0.531. The number of nitriles is 1. The first-order valence-corrected chi connectivity index (χ1v) is 11.4. The fourth-order valence-electron chi connectivity index (χ4n) is 2.88. The number of rotatable bonds is 9. The van der Waals surface area contributed by atoms with E-state index in [0.717, 1.165) is 5.56 Å². The number of amides is 1. The van der Waals surface area contributed by atoms with E-state index in [0.29, 0.717) is 28.3 Å². The highest BCUT2D eigenvalue weighted by Gasteiger charge is 2.18. The Hall–Kier alpha value is -3.90. The largest absolute Gasteiger partial charge is 0.493 e. The highest BCUT2D eigenvalue weighted by molar-refractivity contribution is 7.91. The number of carbonyl (C=O) groups excluding carboxylic acids is 1. The van der Waals surface area contributed by atoms with Gasteiger partial charge in [-0.25, -0.2) is 8.42 Å². The van der Waals surface area contributed by atoms with Crippen LogP contribution in [0.3, 0.4) is 0 Å². The van der Waals surface area contributed by atoms with Crippen molar-refractivity contribution in [3.8, 4) is 17.6 Å². The molecule has 0 saturated heterocycles. The molecule has 0 bridgehead atoms. The number of anilines is 1. The summed E-state index contributed by atoms with van der Waals surface area (Å²) >= 11 is 0. The van der Waals surface area contributed by atoms with Crippen LogP contribution in [0.5, 0.6) is 11.5 Å². The third-order valence-electron chi connectivity index (χ3n) is 4.41. The standard InChI is InChI=1S/C23H21N3O5S/c1-30-21-7-6-20(12-22(21)31-14-18-8-10-25-11-9-18)26-23(27)16-32(28,29)15-19-4-2-17(13-24)3-5-19/h2-12H,14-16H2,1H3,(H,26,27). The van der Waals surface area contributed by atoms with Crippen molar-refractivity contribution in [3.63, 3.8) is 0 Å². The van der Waals surface area contributed by atoms with Crippen molar-refractivity contribution in [1.82, 2.24) is 4.98 Å². The molecule has 0 atom stereocenters. The van der Waals surface area contributed by atoms with Crippen LogP contribution in [0.4, 0.5) is 5.69 Å². The lowest BCUT2D eigenvalue weighted by Crippen LogP contribution is -2.24. The van der Waals surface area contributed by atoms with Gasteiger partial charge >= 0.3 is 0 Å². The Kier molecular flexibility index (Phi) is 7.41. The van der Waals surface area contributed by atoms with Gasteiger partial charge in [-0.05, 0) is 47.5 Å². The summed E-state index contributed by atoms with van der Waals surface area (Å²) in [5.41, 5.74) is 2.23. The van der Waals surface area contributed by atoms with Crippen molar-refractivity contribution < 1.29 is 22.7 Å². The first kappa shape index (κ1) is 22.8. The second kappa shape index (κ2) is 10.4. The van der Waals surface area contributed by atoms with Crippen LogP contribution < -0.4 is 14.8 Å². The Morgan fingerprint density at radius 3 is 2.41 bits per heavy atom. The van der Waals surface area contributed by atoms with E-state index in [2.05, 4.69) is 10.3 Å². The molecule has 9 heteroatoms. The average molecular weight is 452 g/mol. The van der Waals surface area contributed by atoms with Crippen molar-refractivity contribution >= 4 is 21.4 Å². The van der Waals surface area contributed by atoms with E-state index in [1.807, 2.05) is 18.2 Å². The van der Waals surface area contributed by atoms with Crippen LogP contribution in [0, 0.1) is 11.3 Å². The maximum Gasteiger partial charge on any atom is 0.239 e. The van der Waals surface area contributed by atoms with E-state index in [9.17, 15) is 13.2 Å². The number of hydrogen-bond donors (Lipinski definition) is 1. The molecule has 0 radical (unpaired) electrons. The predicted molar refractivity (Wildman–Crippen MR) is 119 cm³/mol. The smallest absolute Gasteiger partial charge is 0.239 e. The van der Waals surface area contributed by atoms with Crippen molar-refractivity contribution in [2.24, 2.45) is 0 Å². The Balaban J connectivity index is 1.63. The second-order valence-electron chi connectivity index (χ2n) is 6.90. The van der Waals surface area contributed by atoms with E-state index >= 15 is 0 Å². The molecular formula is C23H21N3O5S. The van der Waals surface area contributed by atoms with Gasteiger partial charge in [-0.3, -0.25) is 9.78 Å². The maximum atomic E-state index is 12.4. The number of nitrogens with one attached hydrogen (secondary N) is 1. The summed E-state index contributed by atoms with van der Waals surface area (Å²) in [6.07, 6.45) is 3.32. The summed E-state index contributed by atoms with van der Waals surface area (Å²) in [4.78, 5) is 16.3. The number of pyridine rings is 1. The van der Waals surface area contributed by atoms with Gasteiger partial charge in [0.05, 0.1) is 24.5 Å². The third kappa shape index (κ3) is 6.55. The third-order valence-corrected chi connectivity index (χ3v) is 5.89. The number of methoxy groups -OCH3 is 1. The second-order valence-corrected chi connectivity index (χ2v) is 8.96. The first-order chi connectivity index (χ1) is 15.4. The van der Waals surface area contributed by atoms with Crippen LogP contribution >= 0.6 is 0 Å². The van der Waals surface area contributed by atoms with Gasteiger partial charge in [0.1, 0.15) is 12.4 Å². The summed E-state index contributed by atoms with van der Waals surface area (Å²) in [6, 6.07) is 16.6. The van der Waals surface area contributed by atoms with Crippen molar-refractivity contribution in [1.29, 1.82) is 5.26 Å². The zero-order valence-corrected chi connectivity index (χ0v) is 18.1. The Morgan fingerprint density at radius 2 is 1.75 bits per heavy atom. The number of carbonyl (C=O) groups is 1. The molecule has 3 rings (SSSR count). The van der Waals surface area contributed by atoms with Gasteiger partial charge in [0, 0.05) is 24.1 Å². The van der Waals surface area contributed by atoms with Crippen LogP contribution in [0.15, 0.2) is 67.0 Å². The molecule has 1 N–H and O–H groups in total. The first-order valence-electron chi connectivity index (χ1n) is 9.57. The SMILES string of the molecule is COc1ccc(NC(=O)CS(=O)(=O)Cc2ccc(C#N)cc2)cc1OCc1ccncc1. The van der Waals surface area contributed by atoms with Gasteiger partial charge in [-0.2, -0.15) is 5.26 Å². The maximum absolute atomic E-state index is 12.4. The summed E-state index contributed by atoms with van der Waals surface area (Å²) in [6.45, 7) is 0.273. The summed E-state index contributed by atoms with van der Waals surface area (Å²) in [5.74, 6) is -0.752. The molecule has 0 aliphatic heterocycles. The number of sulfone groups is 1. The van der Waals surface area contributed by atoms with Gasteiger partial charge < -0.3 is 14.8 Å². The number of benzene rings is 2. The molecule has 8 nitrogen and oxygen atoms in total. The lowest BCUT2D eigenvalue weighted by molar-refractivity contribution is -0.113. The normalized spacial score (nSPS) is 10.8. The van der Waals surface area contributed by atoms with Crippen LogP contribution in [0.1, 0.15) is 16.7 Å². The molecule has 0 saturated carbocycles. The Labute approximate surface area is 186 Å². The zero-order valence-electron chi connectivity index (χ0n) is 17.3. The molecule has 0 aliphatic rings. The molecule has 0 spiro atoms. The fourth-order valence-corrected chi connectivity index (χ4v) is 4.16. The summed E-state index contributed by atoms with van der Waals surface area (Å²) in [5, 5.41) is 11.4. The van der Waals surface area contributed by atoms with Gasteiger partial charge in [0.15, 0.2) is 21.3 Å². The summed E-state index contributed by atoms with van der Waals surface area (Å²) < 4.78 is 35.9. The van der Waals surface area contributed by atoms with Gasteiger partial charge in [0.2, 0.25) is 5.91 Å². The molecule has 2 aromatic carbocycles. The monoisotopic (exact) mass is 451 g/mol. The molecule has 0 aliphatic carbocycles. The molecule has 1 heterocycles. The molecular weight excluding hydrogens is 430 g/mol. The number of hydrogen-bond acceptors (Lipinski definition) is 7. The van der Waals surface area contributed by atoms with Crippen LogP contribution in [-0.4, -0.2) is 32.2 Å². The average Bonchev–Trinajstić information content (AvgIpc) is 2.78. The molecule has 0 fully saturated rings. The molecule has 164 valence electrons. The van der Waals surface area contributed by atoms with E-state index in [1.165, 1.54) is 19.2 Å². The van der Waals surface area contributed by atoms with E-state index in [4.69, 9.17) is 14.7 Å². The van der Waals surface area contributed by atoms with Crippen LogP contribution in [0.2, 0.25) is 0 Å². The topological polar surface area (TPSA) is 118 Å². The minimum absolute atomic E-state index is 0.273. The van der Waals surface area contributed by atoms with Crippen LogP contribution in [-0.2, 0) is 27.0 Å². The minimum Gasteiger partial charge on any atom is -0.493 e. The van der Waals surface area contributed by atoms with Gasteiger partial charge in [-0.15, -0.1) is 0 Å². The Morgan fingerprint density at radius 1 is 1.03 bits per heavy atom. The van der Waals surface area contributed by atoms with Crippen molar-refractivity contribution in [3.05, 3.63) is 83.7 Å². The molecule has 3 aromatic rings. The van der Waals surface area contributed by atoms with E-state index in [1.54, 1.807) is 42.7 Å². The fraction of sp³-hybridized carbons (Fsp3) is 0.174. The predicted octanol–water partition coefficient (Wildman–Crippen LogP) is 3.09. The van der Waals surface area contributed by atoms with Crippen molar-refractivity contribution in [2.45, 2.75) is 12.4 Å². The minimum atomic E-state index is -3.70. The molecule has 32 heavy (non-hydrogen) atoms. The van der Waals surface area contributed by atoms with E-state index in [-0.39, 0.29) is 12.4 Å². The number of nitrogens with zero attached hydrogens (tertiary/aromatic N) is 2. The molecule has 0 unspecified atom stereocenters. The highest BCUT2D eigenvalue weighted by Crippen LogP contribution is 2.31. The lowest BCUT2D eigenvalue weighted by atomic mass is 10.2. The zero-order chi connectivity index (χ0) is 23.0. The van der Waals surface area contributed by atoms with Crippen molar-refractivity contribution in [2.75, 3.05) is 18.2 Å². The van der Waals surface area contributed by atoms with Crippen LogP contribution in [0.25, 0.3) is 0 Å². The lowest BCUT2D eigenvalue weighted by Gasteiger charge is -2.13. The van der Waals surface area contributed by atoms with E-state index < -0.39 is 21.5 Å².